The standard InChI is InChI=1S/C12H13BrClNO5S/c13-9-6-10(14)8(5-11(9)21(15,17)18)12(16)20-7-1-3-19-4-2-7/h5-7H,1-4H2,(H2,15,17,18). The van der Waals surface area contributed by atoms with E-state index in [-0.39, 0.29) is 26.1 Å². The maximum atomic E-state index is 12.1. The van der Waals surface area contributed by atoms with Gasteiger partial charge < -0.3 is 9.47 Å². The lowest BCUT2D eigenvalue weighted by molar-refractivity contribution is -0.0159. The molecule has 6 nitrogen and oxygen atoms in total. The van der Waals surface area contributed by atoms with Crippen molar-refractivity contribution in [3.8, 4) is 0 Å². The highest BCUT2D eigenvalue weighted by molar-refractivity contribution is 9.10. The average molecular weight is 399 g/mol. The number of ether oxygens (including phenoxy) is 2. The number of esters is 1. The molecule has 1 heterocycles. The van der Waals surface area contributed by atoms with Gasteiger partial charge in [-0.2, -0.15) is 0 Å². The van der Waals surface area contributed by atoms with E-state index in [2.05, 4.69) is 15.9 Å². The second-order valence-electron chi connectivity index (χ2n) is 4.52. The summed E-state index contributed by atoms with van der Waals surface area (Å²) in [5.41, 5.74) is -0.0321. The smallest absolute Gasteiger partial charge is 0.339 e. The minimum Gasteiger partial charge on any atom is -0.459 e. The number of nitrogens with two attached hydrogens (primary N) is 1. The van der Waals surface area contributed by atoms with Crippen LogP contribution in [-0.4, -0.2) is 33.7 Å². The third-order valence-electron chi connectivity index (χ3n) is 2.99. The van der Waals surface area contributed by atoms with E-state index in [1.165, 1.54) is 6.07 Å². The first-order valence-electron chi connectivity index (χ1n) is 6.09. The van der Waals surface area contributed by atoms with E-state index >= 15 is 0 Å². The normalized spacial score (nSPS) is 16.7. The molecule has 2 N–H and O–H groups in total. The Balaban J connectivity index is 2.28. The number of hydrogen-bond donors (Lipinski definition) is 1. The highest BCUT2D eigenvalue weighted by Gasteiger charge is 2.24. The van der Waals surface area contributed by atoms with E-state index in [9.17, 15) is 13.2 Å². The molecule has 1 aromatic rings. The van der Waals surface area contributed by atoms with Crippen molar-refractivity contribution >= 4 is 43.5 Å². The Kier molecular flexibility index (Phi) is 5.26. The van der Waals surface area contributed by atoms with Gasteiger partial charge in [-0.15, -0.1) is 0 Å². The Bertz CT molecular complexity index is 658. The zero-order valence-electron chi connectivity index (χ0n) is 10.8. The van der Waals surface area contributed by atoms with Gasteiger partial charge in [0.15, 0.2) is 0 Å². The molecule has 0 atom stereocenters. The van der Waals surface area contributed by atoms with Crippen molar-refractivity contribution in [2.45, 2.75) is 23.8 Å². The van der Waals surface area contributed by atoms with Crippen molar-refractivity contribution in [3.63, 3.8) is 0 Å². The molecule has 1 aliphatic heterocycles. The molecule has 1 fully saturated rings. The fourth-order valence-corrected chi connectivity index (χ4v) is 3.92. The first kappa shape index (κ1) is 16.7. The summed E-state index contributed by atoms with van der Waals surface area (Å²) in [6, 6.07) is 2.42. The maximum absolute atomic E-state index is 12.1. The summed E-state index contributed by atoms with van der Waals surface area (Å²) in [6.45, 7) is 1.04. The van der Waals surface area contributed by atoms with E-state index in [0.29, 0.717) is 26.1 Å². The number of rotatable bonds is 3. The second-order valence-corrected chi connectivity index (χ2v) is 7.32. The topological polar surface area (TPSA) is 95.7 Å². The summed E-state index contributed by atoms with van der Waals surface area (Å²) in [5.74, 6) is -0.677. The van der Waals surface area contributed by atoms with Gasteiger partial charge in [0.2, 0.25) is 10.0 Å². The molecule has 2 rings (SSSR count). The van der Waals surface area contributed by atoms with Crippen LogP contribution in [0.1, 0.15) is 23.2 Å². The molecule has 0 spiro atoms. The number of sulfonamides is 1. The van der Waals surface area contributed by atoms with Gasteiger partial charge in [-0.05, 0) is 28.1 Å². The SMILES string of the molecule is NS(=O)(=O)c1cc(C(=O)OC2CCOCC2)c(Cl)cc1Br. The molecule has 0 bridgehead atoms. The van der Waals surface area contributed by atoms with Crippen LogP contribution in [0.15, 0.2) is 21.5 Å². The third-order valence-corrected chi connectivity index (χ3v) is 5.17. The van der Waals surface area contributed by atoms with Gasteiger partial charge in [0.1, 0.15) is 6.10 Å². The van der Waals surface area contributed by atoms with Gasteiger partial charge in [-0.25, -0.2) is 18.4 Å². The van der Waals surface area contributed by atoms with Gasteiger partial charge >= 0.3 is 5.97 Å². The second kappa shape index (κ2) is 6.62. The molecule has 0 unspecified atom stereocenters. The van der Waals surface area contributed by atoms with Gasteiger partial charge in [0.25, 0.3) is 0 Å². The lowest BCUT2D eigenvalue weighted by atomic mass is 10.1. The summed E-state index contributed by atoms with van der Waals surface area (Å²) in [5, 5.41) is 5.18. The van der Waals surface area contributed by atoms with E-state index in [1.807, 2.05) is 0 Å². The Morgan fingerprint density at radius 2 is 2.00 bits per heavy atom. The molecule has 0 aromatic heterocycles. The Morgan fingerprint density at radius 3 is 2.57 bits per heavy atom. The first-order valence-corrected chi connectivity index (χ1v) is 8.81. The number of carbonyl (C=O) groups is 1. The Hall–Kier alpha value is -0.670. The molecule has 116 valence electrons. The number of hydrogen-bond acceptors (Lipinski definition) is 5. The van der Waals surface area contributed by atoms with Gasteiger partial charge in [0.05, 0.1) is 28.7 Å². The van der Waals surface area contributed by atoms with Crippen LogP contribution >= 0.6 is 27.5 Å². The third kappa shape index (κ3) is 4.17. The van der Waals surface area contributed by atoms with E-state index in [4.69, 9.17) is 26.2 Å². The minimum atomic E-state index is -3.97. The number of carbonyl (C=O) groups excluding carboxylic acids is 1. The molecular formula is C12H13BrClNO5S. The molecule has 0 amide bonds. The summed E-state index contributed by atoms with van der Waals surface area (Å²) < 4.78 is 33.6. The molecule has 0 saturated carbocycles. The quantitative estimate of drug-likeness (QED) is 0.787. The zero-order chi connectivity index (χ0) is 15.6. The average Bonchev–Trinajstić information content (AvgIpc) is 2.38. The number of primary sulfonamides is 1. The van der Waals surface area contributed by atoms with Crippen LogP contribution in [0.3, 0.4) is 0 Å². The molecule has 1 saturated heterocycles. The largest absolute Gasteiger partial charge is 0.459 e. The summed E-state index contributed by atoms with van der Waals surface area (Å²) >= 11 is 9.03. The van der Waals surface area contributed by atoms with Crippen LogP contribution in [0.25, 0.3) is 0 Å². The predicted molar refractivity (Wildman–Crippen MR) is 79.8 cm³/mol. The monoisotopic (exact) mass is 397 g/mol. The van der Waals surface area contributed by atoms with Crippen molar-refractivity contribution in [1.82, 2.24) is 0 Å². The lowest BCUT2D eigenvalue weighted by Crippen LogP contribution is -2.26. The summed E-state index contributed by atoms with van der Waals surface area (Å²) in [7, 11) is -3.97. The molecular weight excluding hydrogens is 386 g/mol. The number of halogens is 2. The van der Waals surface area contributed by atoms with Crippen molar-refractivity contribution < 1.29 is 22.7 Å². The van der Waals surface area contributed by atoms with Crippen LogP contribution < -0.4 is 5.14 Å². The van der Waals surface area contributed by atoms with Crippen molar-refractivity contribution in [3.05, 3.63) is 27.2 Å². The first-order chi connectivity index (χ1) is 9.79. The van der Waals surface area contributed by atoms with Crippen LogP contribution in [-0.2, 0) is 19.5 Å². The van der Waals surface area contributed by atoms with E-state index in [1.54, 1.807) is 0 Å². The van der Waals surface area contributed by atoms with E-state index < -0.39 is 16.0 Å². The lowest BCUT2D eigenvalue weighted by Gasteiger charge is -2.22. The van der Waals surface area contributed by atoms with Crippen LogP contribution in [0.2, 0.25) is 5.02 Å². The zero-order valence-corrected chi connectivity index (χ0v) is 14.0. The fourth-order valence-electron chi connectivity index (χ4n) is 1.91. The molecule has 1 aliphatic rings. The number of benzene rings is 1. The Morgan fingerprint density at radius 1 is 1.38 bits per heavy atom. The molecule has 9 heteroatoms. The highest BCUT2D eigenvalue weighted by atomic mass is 79.9. The molecule has 1 aromatic carbocycles. The predicted octanol–water partition coefficient (Wildman–Crippen LogP) is 2.09. The molecule has 21 heavy (non-hydrogen) atoms. The van der Waals surface area contributed by atoms with Gasteiger partial charge in [-0.1, -0.05) is 11.6 Å². The van der Waals surface area contributed by atoms with Gasteiger partial charge in [-0.3, -0.25) is 0 Å². The maximum Gasteiger partial charge on any atom is 0.339 e. The summed E-state index contributed by atoms with van der Waals surface area (Å²) in [4.78, 5) is 11.9. The summed E-state index contributed by atoms with van der Waals surface area (Å²) in [6.07, 6.45) is 0.938. The minimum absolute atomic E-state index is 0.0321. The molecule has 0 radical (unpaired) electrons. The van der Waals surface area contributed by atoms with Gasteiger partial charge in [0, 0.05) is 17.3 Å². The van der Waals surface area contributed by atoms with Crippen LogP contribution in [0.4, 0.5) is 0 Å². The highest BCUT2D eigenvalue weighted by Crippen LogP contribution is 2.29. The van der Waals surface area contributed by atoms with E-state index in [0.717, 1.165) is 6.07 Å². The van der Waals surface area contributed by atoms with Crippen molar-refractivity contribution in [2.24, 2.45) is 5.14 Å². The van der Waals surface area contributed by atoms with Crippen LogP contribution in [0, 0.1) is 0 Å². The molecule has 0 aliphatic carbocycles. The fraction of sp³-hybridized carbons (Fsp3) is 0.417. The van der Waals surface area contributed by atoms with Crippen molar-refractivity contribution in [2.75, 3.05) is 13.2 Å². The van der Waals surface area contributed by atoms with Crippen LogP contribution in [0.5, 0.6) is 0 Å². The van der Waals surface area contributed by atoms with Crippen molar-refractivity contribution in [1.29, 1.82) is 0 Å². The Labute approximate surface area is 135 Å².